The molecule has 0 amide bonds. The van der Waals surface area contributed by atoms with E-state index in [1.165, 1.54) is 24.3 Å². The Morgan fingerprint density at radius 1 is 1.16 bits per heavy atom. The minimum Gasteiger partial charge on any atom is -0.332 e. The first-order valence-corrected chi connectivity index (χ1v) is 9.10. The van der Waals surface area contributed by atoms with Crippen molar-refractivity contribution >= 4 is 26.7 Å². The molecule has 0 saturated carbocycles. The van der Waals surface area contributed by atoms with Crippen molar-refractivity contribution in [3.8, 4) is 0 Å². The van der Waals surface area contributed by atoms with Crippen LogP contribution in [0.25, 0.3) is 11.0 Å². The molecule has 1 N–H and O–H groups in total. The number of sulfonamides is 1. The number of nitro groups is 1. The van der Waals surface area contributed by atoms with E-state index in [4.69, 9.17) is 0 Å². The van der Waals surface area contributed by atoms with Gasteiger partial charge in [-0.25, -0.2) is 18.1 Å². The van der Waals surface area contributed by atoms with Crippen molar-refractivity contribution in [1.29, 1.82) is 0 Å². The van der Waals surface area contributed by atoms with Crippen LogP contribution in [0, 0.1) is 10.1 Å². The van der Waals surface area contributed by atoms with Crippen molar-refractivity contribution in [2.45, 2.75) is 17.9 Å². The molecule has 3 aromatic rings. The lowest BCUT2D eigenvalue weighted by atomic mass is 10.3. The topological polar surface area (TPSA) is 107 Å². The molecule has 0 radical (unpaired) electrons. The van der Waals surface area contributed by atoms with Crippen molar-refractivity contribution in [2.24, 2.45) is 0 Å². The number of aromatic nitrogens is 2. The first-order chi connectivity index (χ1) is 12.0. The molecular formula is C16H16N4O4S. The Balaban J connectivity index is 1.58. The quantitative estimate of drug-likeness (QED) is 0.395. The van der Waals surface area contributed by atoms with E-state index in [1.807, 2.05) is 29.0 Å². The van der Waals surface area contributed by atoms with E-state index in [-0.39, 0.29) is 17.1 Å². The molecule has 0 atom stereocenters. The van der Waals surface area contributed by atoms with Crippen molar-refractivity contribution in [1.82, 2.24) is 14.3 Å². The van der Waals surface area contributed by atoms with Crippen LogP contribution in [0.5, 0.6) is 0 Å². The molecule has 8 nitrogen and oxygen atoms in total. The van der Waals surface area contributed by atoms with Gasteiger partial charge in [-0.2, -0.15) is 0 Å². The van der Waals surface area contributed by atoms with Crippen molar-refractivity contribution in [2.75, 3.05) is 6.54 Å². The molecule has 0 fully saturated rings. The molecule has 3 rings (SSSR count). The van der Waals surface area contributed by atoms with Crippen LogP contribution in [0.4, 0.5) is 5.69 Å². The Morgan fingerprint density at radius 2 is 1.92 bits per heavy atom. The molecule has 0 bridgehead atoms. The zero-order valence-corrected chi connectivity index (χ0v) is 14.0. The Morgan fingerprint density at radius 3 is 2.64 bits per heavy atom. The SMILES string of the molecule is O=[N+]([O-])c1ccc(S(=O)(=O)NCCCn2ccc3cccnc32)cc1. The number of rotatable bonds is 7. The molecule has 0 saturated heterocycles. The second kappa shape index (κ2) is 6.99. The number of hydrogen-bond donors (Lipinski definition) is 1. The van der Waals surface area contributed by atoms with E-state index in [2.05, 4.69) is 9.71 Å². The minimum absolute atomic E-state index is 0.00572. The van der Waals surface area contributed by atoms with Crippen LogP contribution in [-0.2, 0) is 16.6 Å². The smallest absolute Gasteiger partial charge is 0.269 e. The number of benzene rings is 1. The van der Waals surface area contributed by atoms with Gasteiger partial charge in [0, 0.05) is 43.0 Å². The molecule has 0 aliphatic heterocycles. The third-order valence-electron chi connectivity index (χ3n) is 3.75. The van der Waals surface area contributed by atoms with Crippen LogP contribution in [-0.4, -0.2) is 29.4 Å². The zero-order chi connectivity index (χ0) is 17.9. The molecule has 2 aromatic heterocycles. The Bertz CT molecular complexity index is 996. The summed E-state index contributed by atoms with van der Waals surface area (Å²) in [4.78, 5) is 14.4. The van der Waals surface area contributed by atoms with E-state index in [9.17, 15) is 18.5 Å². The maximum atomic E-state index is 12.2. The van der Waals surface area contributed by atoms with E-state index in [1.54, 1.807) is 6.20 Å². The number of hydrogen-bond acceptors (Lipinski definition) is 5. The van der Waals surface area contributed by atoms with Gasteiger partial charge >= 0.3 is 0 Å². The zero-order valence-electron chi connectivity index (χ0n) is 13.2. The normalized spacial score (nSPS) is 11.7. The number of fused-ring (bicyclic) bond motifs is 1. The summed E-state index contributed by atoms with van der Waals surface area (Å²) in [5, 5.41) is 11.6. The molecule has 0 spiro atoms. The van der Waals surface area contributed by atoms with Crippen LogP contribution in [0.2, 0.25) is 0 Å². The summed E-state index contributed by atoms with van der Waals surface area (Å²) in [5.41, 5.74) is 0.715. The first-order valence-electron chi connectivity index (χ1n) is 7.61. The predicted molar refractivity (Wildman–Crippen MR) is 92.6 cm³/mol. The minimum atomic E-state index is -3.68. The third-order valence-corrected chi connectivity index (χ3v) is 5.23. The summed E-state index contributed by atoms with van der Waals surface area (Å²) in [6.07, 6.45) is 4.23. The van der Waals surface area contributed by atoms with Crippen LogP contribution < -0.4 is 4.72 Å². The summed E-state index contributed by atoms with van der Waals surface area (Å²) in [5.74, 6) is 0. The van der Waals surface area contributed by atoms with Crippen LogP contribution >= 0.6 is 0 Å². The number of aryl methyl sites for hydroxylation is 1. The second-order valence-corrected chi connectivity index (χ2v) is 7.19. The summed E-state index contributed by atoms with van der Waals surface area (Å²) >= 11 is 0. The van der Waals surface area contributed by atoms with Gasteiger partial charge in [0.15, 0.2) is 0 Å². The van der Waals surface area contributed by atoms with Crippen LogP contribution in [0.15, 0.2) is 59.8 Å². The number of nitrogens with one attached hydrogen (secondary N) is 1. The van der Waals surface area contributed by atoms with Crippen molar-refractivity contribution < 1.29 is 13.3 Å². The van der Waals surface area contributed by atoms with Crippen molar-refractivity contribution in [3.63, 3.8) is 0 Å². The average Bonchev–Trinajstić information content (AvgIpc) is 3.02. The van der Waals surface area contributed by atoms with Gasteiger partial charge in [0.05, 0.1) is 9.82 Å². The van der Waals surface area contributed by atoms with Gasteiger partial charge in [-0.15, -0.1) is 0 Å². The predicted octanol–water partition coefficient (Wildman–Crippen LogP) is 2.31. The highest BCUT2D eigenvalue weighted by atomic mass is 32.2. The standard InChI is InChI=1S/C16H16N4O4S/c21-20(22)14-4-6-15(7-5-14)25(23,24)18-10-2-11-19-12-8-13-3-1-9-17-16(13)19/h1,3-9,12,18H,2,10-11H2. The Kier molecular flexibility index (Phi) is 4.77. The van der Waals surface area contributed by atoms with Crippen molar-refractivity contribution in [3.05, 3.63) is 65.0 Å². The fourth-order valence-corrected chi connectivity index (χ4v) is 3.56. The molecule has 0 aliphatic rings. The summed E-state index contributed by atoms with van der Waals surface area (Å²) in [6.45, 7) is 0.884. The maximum absolute atomic E-state index is 12.2. The highest BCUT2D eigenvalue weighted by Crippen LogP contribution is 2.16. The van der Waals surface area contributed by atoms with Crippen LogP contribution in [0.1, 0.15) is 6.42 Å². The average molecular weight is 360 g/mol. The Hall–Kier alpha value is -2.78. The van der Waals surface area contributed by atoms with E-state index < -0.39 is 14.9 Å². The monoisotopic (exact) mass is 360 g/mol. The fraction of sp³-hybridized carbons (Fsp3) is 0.188. The number of non-ortho nitro benzene ring substituents is 1. The van der Waals surface area contributed by atoms with Gasteiger partial charge in [0.2, 0.25) is 10.0 Å². The lowest BCUT2D eigenvalue weighted by molar-refractivity contribution is -0.384. The molecular weight excluding hydrogens is 344 g/mol. The summed E-state index contributed by atoms with van der Waals surface area (Å²) in [6, 6.07) is 10.6. The Labute approximate surface area is 144 Å². The van der Waals surface area contributed by atoms with Gasteiger partial charge in [0.25, 0.3) is 5.69 Å². The highest BCUT2D eigenvalue weighted by Gasteiger charge is 2.15. The first kappa shape index (κ1) is 17.1. The molecule has 2 heterocycles. The van der Waals surface area contributed by atoms with Crippen LogP contribution in [0.3, 0.4) is 0 Å². The number of pyridine rings is 1. The largest absolute Gasteiger partial charge is 0.332 e. The molecule has 9 heteroatoms. The lowest BCUT2D eigenvalue weighted by Crippen LogP contribution is -2.25. The molecule has 25 heavy (non-hydrogen) atoms. The van der Waals surface area contributed by atoms with Gasteiger partial charge < -0.3 is 4.57 Å². The highest BCUT2D eigenvalue weighted by molar-refractivity contribution is 7.89. The molecule has 0 aliphatic carbocycles. The third kappa shape index (κ3) is 3.83. The molecule has 130 valence electrons. The summed E-state index contributed by atoms with van der Waals surface area (Å²) in [7, 11) is -3.68. The fourth-order valence-electron chi connectivity index (χ4n) is 2.49. The number of nitrogens with zero attached hydrogens (tertiary/aromatic N) is 3. The van der Waals surface area contributed by atoms with Gasteiger partial charge in [-0.3, -0.25) is 10.1 Å². The maximum Gasteiger partial charge on any atom is 0.269 e. The van der Waals surface area contributed by atoms with Gasteiger partial charge in [-0.1, -0.05) is 0 Å². The number of nitro benzene ring substituents is 1. The van der Waals surface area contributed by atoms with E-state index >= 15 is 0 Å². The second-order valence-electron chi connectivity index (χ2n) is 5.43. The summed E-state index contributed by atoms with van der Waals surface area (Å²) < 4.78 is 28.8. The van der Waals surface area contributed by atoms with Gasteiger partial charge in [0.1, 0.15) is 5.65 Å². The lowest BCUT2D eigenvalue weighted by Gasteiger charge is -2.08. The van der Waals surface area contributed by atoms with E-state index in [0.717, 1.165) is 11.0 Å². The van der Waals surface area contributed by atoms with E-state index in [0.29, 0.717) is 13.0 Å². The van der Waals surface area contributed by atoms with Gasteiger partial charge in [-0.05, 0) is 36.8 Å². The molecule has 1 aromatic carbocycles. The molecule has 0 unspecified atom stereocenters.